The lowest BCUT2D eigenvalue weighted by Crippen LogP contribution is -1.78. The molecule has 0 bridgehead atoms. The summed E-state index contributed by atoms with van der Waals surface area (Å²) in [5, 5.41) is 9.93. The standard InChI is InChI=1S/C10H7BrClN/c11-5-1-2-8-3-4-9(7-13)10(12)6-8/h1-4,6H,5H2. The van der Waals surface area contributed by atoms with E-state index < -0.39 is 0 Å². The molecule has 0 saturated carbocycles. The average Bonchev–Trinajstić information content (AvgIpc) is 2.15. The molecule has 0 amide bonds. The Bertz CT molecular complexity index is 366. The summed E-state index contributed by atoms with van der Waals surface area (Å²) in [6.45, 7) is 0. The lowest BCUT2D eigenvalue weighted by atomic mass is 10.1. The summed E-state index contributed by atoms with van der Waals surface area (Å²) in [7, 11) is 0. The van der Waals surface area contributed by atoms with Crippen LogP contribution in [0.15, 0.2) is 24.3 Å². The summed E-state index contributed by atoms with van der Waals surface area (Å²) >= 11 is 9.12. The smallest absolute Gasteiger partial charge is 0.101 e. The second-order valence-electron chi connectivity index (χ2n) is 2.41. The molecule has 0 aliphatic carbocycles. The Labute approximate surface area is 90.8 Å². The molecular formula is C10H7BrClN. The van der Waals surface area contributed by atoms with Crippen molar-refractivity contribution in [3.63, 3.8) is 0 Å². The van der Waals surface area contributed by atoms with E-state index in [1.165, 1.54) is 0 Å². The van der Waals surface area contributed by atoms with Crippen LogP contribution in [0.5, 0.6) is 0 Å². The van der Waals surface area contributed by atoms with Crippen LogP contribution < -0.4 is 0 Å². The van der Waals surface area contributed by atoms with Crippen molar-refractivity contribution in [2.24, 2.45) is 0 Å². The van der Waals surface area contributed by atoms with Gasteiger partial charge in [0, 0.05) is 5.33 Å². The molecule has 0 radical (unpaired) electrons. The van der Waals surface area contributed by atoms with E-state index in [-0.39, 0.29) is 0 Å². The number of halogens is 2. The average molecular weight is 257 g/mol. The Morgan fingerprint density at radius 2 is 2.31 bits per heavy atom. The normalized spacial score (nSPS) is 10.2. The molecule has 13 heavy (non-hydrogen) atoms. The zero-order chi connectivity index (χ0) is 9.68. The van der Waals surface area contributed by atoms with E-state index in [4.69, 9.17) is 16.9 Å². The van der Waals surface area contributed by atoms with Crippen molar-refractivity contribution in [1.29, 1.82) is 5.26 Å². The van der Waals surface area contributed by atoms with Gasteiger partial charge in [0.2, 0.25) is 0 Å². The molecule has 0 saturated heterocycles. The largest absolute Gasteiger partial charge is 0.192 e. The summed E-state index contributed by atoms with van der Waals surface area (Å²) < 4.78 is 0. The van der Waals surface area contributed by atoms with E-state index in [1.54, 1.807) is 12.1 Å². The molecule has 0 unspecified atom stereocenters. The third kappa shape index (κ3) is 2.87. The number of rotatable bonds is 2. The summed E-state index contributed by atoms with van der Waals surface area (Å²) in [5.41, 5.74) is 1.51. The summed E-state index contributed by atoms with van der Waals surface area (Å²) in [5.74, 6) is 0. The second kappa shape index (κ2) is 5.06. The minimum Gasteiger partial charge on any atom is -0.192 e. The SMILES string of the molecule is N#Cc1ccc(C=CCBr)cc1Cl. The summed E-state index contributed by atoms with van der Waals surface area (Å²) in [6, 6.07) is 7.37. The number of benzene rings is 1. The minimum atomic E-state index is 0.499. The van der Waals surface area contributed by atoms with Crippen LogP contribution in [0.25, 0.3) is 6.08 Å². The molecule has 0 aliphatic rings. The molecule has 0 aromatic heterocycles. The highest BCUT2D eigenvalue weighted by Gasteiger charge is 1.97. The molecule has 0 aliphatic heterocycles. The predicted octanol–water partition coefficient (Wildman–Crippen LogP) is 3.62. The first-order valence-electron chi connectivity index (χ1n) is 3.70. The number of alkyl halides is 1. The fourth-order valence-corrected chi connectivity index (χ4v) is 1.32. The first-order valence-corrected chi connectivity index (χ1v) is 5.20. The highest BCUT2D eigenvalue weighted by molar-refractivity contribution is 9.09. The monoisotopic (exact) mass is 255 g/mol. The van der Waals surface area contributed by atoms with Gasteiger partial charge in [-0.3, -0.25) is 0 Å². The lowest BCUT2D eigenvalue weighted by molar-refractivity contribution is 1.48. The van der Waals surface area contributed by atoms with Crippen LogP contribution in [-0.4, -0.2) is 5.33 Å². The first-order chi connectivity index (χ1) is 6.27. The van der Waals surface area contributed by atoms with E-state index >= 15 is 0 Å². The zero-order valence-electron chi connectivity index (χ0n) is 6.80. The van der Waals surface area contributed by atoms with Crippen molar-refractivity contribution in [2.45, 2.75) is 0 Å². The lowest BCUT2D eigenvalue weighted by Gasteiger charge is -1.96. The molecular weight excluding hydrogens is 249 g/mol. The molecule has 66 valence electrons. The van der Waals surface area contributed by atoms with Gasteiger partial charge in [-0.15, -0.1) is 0 Å². The Hall–Kier alpha value is -0.780. The van der Waals surface area contributed by atoms with Crippen molar-refractivity contribution >= 4 is 33.6 Å². The van der Waals surface area contributed by atoms with E-state index in [0.29, 0.717) is 10.6 Å². The van der Waals surface area contributed by atoms with Crippen molar-refractivity contribution < 1.29 is 0 Å². The Morgan fingerprint density at radius 1 is 1.54 bits per heavy atom. The van der Waals surface area contributed by atoms with Crippen molar-refractivity contribution in [1.82, 2.24) is 0 Å². The first kappa shape index (κ1) is 10.3. The van der Waals surface area contributed by atoms with Crippen LogP contribution in [0.1, 0.15) is 11.1 Å². The number of allylic oxidation sites excluding steroid dienone is 1. The summed E-state index contributed by atoms with van der Waals surface area (Å²) in [4.78, 5) is 0. The highest BCUT2D eigenvalue weighted by Crippen LogP contribution is 2.17. The Morgan fingerprint density at radius 3 is 2.85 bits per heavy atom. The van der Waals surface area contributed by atoms with Crippen LogP contribution in [-0.2, 0) is 0 Å². The van der Waals surface area contributed by atoms with Crippen LogP contribution in [0.4, 0.5) is 0 Å². The predicted molar refractivity (Wildman–Crippen MR) is 59.0 cm³/mol. The van der Waals surface area contributed by atoms with E-state index in [1.807, 2.05) is 24.3 Å². The van der Waals surface area contributed by atoms with E-state index in [0.717, 1.165) is 10.9 Å². The van der Waals surface area contributed by atoms with E-state index in [2.05, 4.69) is 15.9 Å². The van der Waals surface area contributed by atoms with Gasteiger partial charge < -0.3 is 0 Å². The Balaban J connectivity index is 2.97. The van der Waals surface area contributed by atoms with Gasteiger partial charge in [-0.05, 0) is 17.7 Å². The molecule has 0 N–H and O–H groups in total. The van der Waals surface area contributed by atoms with Crippen molar-refractivity contribution in [3.8, 4) is 6.07 Å². The summed E-state index contributed by atoms with van der Waals surface area (Å²) in [6.07, 6.45) is 3.92. The molecule has 1 aromatic rings. The number of nitrogens with zero attached hydrogens (tertiary/aromatic N) is 1. The maximum atomic E-state index is 8.63. The molecule has 0 fully saturated rings. The quantitative estimate of drug-likeness (QED) is 0.742. The fraction of sp³-hybridized carbons (Fsp3) is 0.100. The topological polar surface area (TPSA) is 23.8 Å². The van der Waals surface area contributed by atoms with Gasteiger partial charge in [-0.2, -0.15) is 5.26 Å². The van der Waals surface area contributed by atoms with Crippen LogP contribution in [0.3, 0.4) is 0 Å². The third-order valence-electron chi connectivity index (χ3n) is 1.51. The molecule has 1 rings (SSSR count). The minimum absolute atomic E-state index is 0.499. The number of hydrogen-bond acceptors (Lipinski definition) is 1. The maximum Gasteiger partial charge on any atom is 0.101 e. The fourth-order valence-electron chi connectivity index (χ4n) is 0.906. The van der Waals surface area contributed by atoms with Crippen molar-refractivity contribution in [3.05, 3.63) is 40.4 Å². The Kier molecular flexibility index (Phi) is 4.01. The molecule has 3 heteroatoms. The zero-order valence-corrected chi connectivity index (χ0v) is 9.14. The van der Waals surface area contributed by atoms with Gasteiger partial charge in [0.05, 0.1) is 10.6 Å². The van der Waals surface area contributed by atoms with Crippen LogP contribution in [0, 0.1) is 11.3 Å². The number of nitriles is 1. The third-order valence-corrected chi connectivity index (χ3v) is 2.20. The van der Waals surface area contributed by atoms with Gasteiger partial charge >= 0.3 is 0 Å². The molecule has 1 aromatic carbocycles. The van der Waals surface area contributed by atoms with Gasteiger partial charge in [0.25, 0.3) is 0 Å². The second-order valence-corrected chi connectivity index (χ2v) is 3.46. The van der Waals surface area contributed by atoms with Gasteiger partial charge in [0.1, 0.15) is 6.07 Å². The molecule has 0 atom stereocenters. The van der Waals surface area contributed by atoms with Gasteiger partial charge in [-0.1, -0.05) is 45.7 Å². The maximum absolute atomic E-state index is 8.63. The molecule has 0 spiro atoms. The highest BCUT2D eigenvalue weighted by atomic mass is 79.9. The van der Waals surface area contributed by atoms with Gasteiger partial charge in [-0.25, -0.2) is 0 Å². The van der Waals surface area contributed by atoms with Crippen LogP contribution in [0.2, 0.25) is 5.02 Å². The molecule has 1 nitrogen and oxygen atoms in total. The van der Waals surface area contributed by atoms with Crippen molar-refractivity contribution in [2.75, 3.05) is 5.33 Å². The van der Waals surface area contributed by atoms with Crippen LogP contribution >= 0.6 is 27.5 Å². The number of hydrogen-bond donors (Lipinski definition) is 0. The van der Waals surface area contributed by atoms with Gasteiger partial charge in [0.15, 0.2) is 0 Å². The molecule has 0 heterocycles. The van der Waals surface area contributed by atoms with E-state index in [9.17, 15) is 0 Å².